The molecule has 0 radical (unpaired) electrons. The van der Waals surface area contributed by atoms with Crippen LogP contribution in [0, 0.1) is 0 Å². The summed E-state index contributed by atoms with van der Waals surface area (Å²) in [4.78, 5) is 36.1. The first kappa shape index (κ1) is 21.9. The quantitative estimate of drug-likeness (QED) is 0.554. The molecule has 0 aromatic heterocycles. The second kappa shape index (κ2) is 9.02. The number of rotatable bonds is 9. The van der Waals surface area contributed by atoms with Crippen molar-refractivity contribution in [1.82, 2.24) is 10.6 Å². The van der Waals surface area contributed by atoms with Crippen LogP contribution in [-0.4, -0.2) is 41.3 Å². The van der Waals surface area contributed by atoms with Crippen LogP contribution in [0.1, 0.15) is 56.1 Å². The minimum absolute atomic E-state index is 0.0306. The van der Waals surface area contributed by atoms with E-state index in [0.717, 1.165) is 22.3 Å². The number of aliphatic carboxylic acids is 1. The Morgan fingerprint density at radius 2 is 1.66 bits per heavy atom. The van der Waals surface area contributed by atoms with Gasteiger partial charge in [0, 0.05) is 12.3 Å². The molecule has 7 nitrogen and oxygen atoms in total. The molecule has 0 spiro atoms. The molecule has 0 aliphatic heterocycles. The van der Waals surface area contributed by atoms with Crippen LogP contribution in [-0.2, 0) is 14.3 Å². The summed E-state index contributed by atoms with van der Waals surface area (Å²) in [5.74, 6) is -1.45. The van der Waals surface area contributed by atoms with Gasteiger partial charge in [-0.3, -0.25) is 4.79 Å². The lowest BCUT2D eigenvalue weighted by Gasteiger charge is -2.20. The summed E-state index contributed by atoms with van der Waals surface area (Å²) >= 11 is 0. The maximum atomic E-state index is 12.5. The zero-order valence-electron chi connectivity index (χ0n) is 18.1. The second-order valence-electron chi connectivity index (χ2n) is 8.65. The normalized spacial score (nSPS) is 16.4. The molecule has 0 saturated heterocycles. The van der Waals surface area contributed by atoms with Crippen molar-refractivity contribution in [3.05, 3.63) is 59.7 Å². The van der Waals surface area contributed by atoms with Gasteiger partial charge in [0.1, 0.15) is 12.6 Å². The number of hydrogen-bond donors (Lipinski definition) is 3. The van der Waals surface area contributed by atoms with Gasteiger partial charge in [0.2, 0.25) is 5.91 Å². The van der Waals surface area contributed by atoms with E-state index in [2.05, 4.69) is 34.9 Å². The molecule has 168 valence electrons. The fourth-order valence-electron chi connectivity index (χ4n) is 4.45. The molecule has 7 heteroatoms. The summed E-state index contributed by atoms with van der Waals surface area (Å²) in [5, 5.41) is 14.6. The lowest BCUT2D eigenvalue weighted by Crippen LogP contribution is -2.46. The van der Waals surface area contributed by atoms with Crippen molar-refractivity contribution in [2.45, 2.75) is 56.5 Å². The molecule has 2 aliphatic rings. The van der Waals surface area contributed by atoms with E-state index >= 15 is 0 Å². The topological polar surface area (TPSA) is 105 Å². The van der Waals surface area contributed by atoms with Crippen LogP contribution in [0.4, 0.5) is 4.79 Å². The fraction of sp³-hybridized carbons (Fsp3) is 0.400. The molecule has 32 heavy (non-hydrogen) atoms. The number of fused-ring (bicyclic) bond motifs is 3. The molecule has 1 atom stereocenters. The number of carbonyl (C=O) groups is 3. The van der Waals surface area contributed by atoms with E-state index in [1.807, 2.05) is 31.2 Å². The Hall–Kier alpha value is -3.35. The highest BCUT2D eigenvalue weighted by atomic mass is 16.5. The van der Waals surface area contributed by atoms with Crippen LogP contribution < -0.4 is 10.6 Å². The molecule has 0 unspecified atom stereocenters. The first-order valence-electron chi connectivity index (χ1n) is 11.1. The third kappa shape index (κ3) is 4.61. The molecule has 0 heterocycles. The number of carboxylic acids is 1. The number of hydrogen-bond acceptors (Lipinski definition) is 4. The van der Waals surface area contributed by atoms with Crippen molar-refractivity contribution in [2.75, 3.05) is 6.61 Å². The van der Waals surface area contributed by atoms with Crippen LogP contribution in [0.2, 0.25) is 0 Å². The zero-order chi connectivity index (χ0) is 22.7. The Kier molecular flexibility index (Phi) is 6.17. The molecule has 3 N–H and O–H groups in total. The van der Waals surface area contributed by atoms with Crippen molar-refractivity contribution in [3.8, 4) is 11.1 Å². The van der Waals surface area contributed by atoms with Crippen LogP contribution in [0.5, 0.6) is 0 Å². The number of ether oxygens (including phenoxy) is 1. The molecule has 2 amide bonds. The van der Waals surface area contributed by atoms with Gasteiger partial charge in [-0.1, -0.05) is 61.9 Å². The average Bonchev–Trinajstić information content (AvgIpc) is 3.44. The lowest BCUT2D eigenvalue weighted by atomic mass is 9.98. The molecule has 1 saturated carbocycles. The van der Waals surface area contributed by atoms with Crippen molar-refractivity contribution in [3.63, 3.8) is 0 Å². The molecule has 2 aliphatic carbocycles. The van der Waals surface area contributed by atoms with Gasteiger partial charge in [-0.2, -0.15) is 0 Å². The van der Waals surface area contributed by atoms with Gasteiger partial charge in [-0.15, -0.1) is 0 Å². The van der Waals surface area contributed by atoms with E-state index in [1.165, 1.54) is 0 Å². The summed E-state index contributed by atoms with van der Waals surface area (Å²) in [7, 11) is 0. The van der Waals surface area contributed by atoms with E-state index in [-0.39, 0.29) is 24.9 Å². The average molecular weight is 437 g/mol. The van der Waals surface area contributed by atoms with Crippen molar-refractivity contribution >= 4 is 18.0 Å². The van der Waals surface area contributed by atoms with E-state index < -0.39 is 23.6 Å². The van der Waals surface area contributed by atoms with Gasteiger partial charge >= 0.3 is 12.1 Å². The molecule has 2 aromatic carbocycles. The molecule has 2 aromatic rings. The Labute approximate surface area is 187 Å². The van der Waals surface area contributed by atoms with E-state index in [0.29, 0.717) is 25.7 Å². The smallest absolute Gasteiger partial charge is 0.407 e. The number of carbonyl (C=O) groups excluding carboxylic acids is 2. The highest BCUT2D eigenvalue weighted by Gasteiger charge is 2.46. The predicted molar refractivity (Wildman–Crippen MR) is 119 cm³/mol. The minimum Gasteiger partial charge on any atom is -0.480 e. The van der Waals surface area contributed by atoms with Crippen LogP contribution in [0.3, 0.4) is 0 Å². The summed E-state index contributed by atoms with van der Waals surface area (Å²) in [6.45, 7) is 2.07. The number of nitrogens with one attached hydrogen (secondary N) is 2. The third-order valence-corrected chi connectivity index (χ3v) is 6.27. The Bertz CT molecular complexity index is 985. The zero-order valence-corrected chi connectivity index (χ0v) is 18.1. The fourth-order valence-corrected chi connectivity index (χ4v) is 4.45. The second-order valence-corrected chi connectivity index (χ2v) is 8.65. The number of carboxylic acid groups (broad SMARTS) is 1. The largest absolute Gasteiger partial charge is 0.480 e. The molecule has 0 bridgehead atoms. The summed E-state index contributed by atoms with van der Waals surface area (Å²) in [6, 6.07) is 15.3. The van der Waals surface area contributed by atoms with Gasteiger partial charge < -0.3 is 20.5 Å². The highest BCUT2D eigenvalue weighted by Crippen LogP contribution is 2.44. The Balaban J connectivity index is 1.34. The Morgan fingerprint density at radius 3 is 2.19 bits per heavy atom. The van der Waals surface area contributed by atoms with Crippen molar-refractivity contribution in [2.24, 2.45) is 0 Å². The third-order valence-electron chi connectivity index (χ3n) is 6.27. The summed E-state index contributed by atoms with van der Waals surface area (Å²) < 4.78 is 5.58. The number of alkyl carbamates (subject to hydrolysis) is 1. The number of amides is 2. The predicted octanol–water partition coefficient (Wildman–Crippen LogP) is 3.82. The monoisotopic (exact) mass is 436 g/mol. The first-order chi connectivity index (χ1) is 15.4. The first-order valence-corrected chi connectivity index (χ1v) is 11.1. The van der Waals surface area contributed by atoms with E-state index in [1.54, 1.807) is 0 Å². The van der Waals surface area contributed by atoms with Gasteiger partial charge in [-0.05, 0) is 41.5 Å². The van der Waals surface area contributed by atoms with Crippen LogP contribution in [0.15, 0.2) is 48.5 Å². The van der Waals surface area contributed by atoms with Gasteiger partial charge in [0.25, 0.3) is 0 Å². The van der Waals surface area contributed by atoms with Crippen molar-refractivity contribution in [1.29, 1.82) is 0 Å². The van der Waals surface area contributed by atoms with E-state index in [9.17, 15) is 19.5 Å². The van der Waals surface area contributed by atoms with Gasteiger partial charge in [0.15, 0.2) is 0 Å². The molecule has 4 rings (SSSR count). The van der Waals surface area contributed by atoms with Crippen molar-refractivity contribution < 1.29 is 24.2 Å². The maximum absolute atomic E-state index is 12.5. The number of benzene rings is 2. The highest BCUT2D eigenvalue weighted by molar-refractivity contribution is 5.85. The lowest BCUT2D eigenvalue weighted by molar-refractivity contribution is -0.142. The molecular formula is C25H28N2O5. The van der Waals surface area contributed by atoms with Gasteiger partial charge in [-0.25, -0.2) is 9.59 Å². The minimum atomic E-state index is -1.05. The molecule has 1 fully saturated rings. The maximum Gasteiger partial charge on any atom is 0.407 e. The SMILES string of the molecule is CCC[C@H](NC(=O)CC1(NC(=O)OCC2c3ccccc3-c3ccccc32)CC1)C(=O)O. The standard InChI is InChI=1S/C25H28N2O5/c1-2-7-21(23(29)30)26-22(28)14-25(12-13-25)27-24(31)32-15-20-18-10-5-3-8-16(18)17-9-4-6-11-19(17)20/h3-6,8-11,20-21H,2,7,12-15H2,1H3,(H,26,28)(H,27,31)(H,29,30)/t21-/m0/s1. The van der Waals surface area contributed by atoms with Crippen LogP contribution >= 0.6 is 0 Å². The van der Waals surface area contributed by atoms with Gasteiger partial charge in [0.05, 0.1) is 5.54 Å². The molecular weight excluding hydrogens is 408 g/mol. The van der Waals surface area contributed by atoms with Crippen LogP contribution in [0.25, 0.3) is 11.1 Å². The van der Waals surface area contributed by atoms with E-state index in [4.69, 9.17) is 4.74 Å². The summed E-state index contributed by atoms with van der Waals surface area (Å²) in [5.41, 5.74) is 3.94. The summed E-state index contributed by atoms with van der Waals surface area (Å²) in [6.07, 6.45) is 1.84. The Morgan fingerprint density at radius 1 is 1.06 bits per heavy atom.